The van der Waals surface area contributed by atoms with Crippen LogP contribution in [0.3, 0.4) is 0 Å². The molecule has 16 heavy (non-hydrogen) atoms. The number of nitrogens with one attached hydrogen (secondary N) is 1. The van der Waals surface area contributed by atoms with E-state index in [-0.39, 0.29) is 0 Å². The average molecular weight is 215 g/mol. The lowest BCUT2D eigenvalue weighted by Crippen LogP contribution is -2.01. The van der Waals surface area contributed by atoms with Crippen LogP contribution in [0.2, 0.25) is 0 Å². The van der Waals surface area contributed by atoms with Crippen molar-refractivity contribution in [1.29, 1.82) is 0 Å². The van der Waals surface area contributed by atoms with Crippen molar-refractivity contribution in [1.82, 2.24) is 9.97 Å². The van der Waals surface area contributed by atoms with Gasteiger partial charge in [0.1, 0.15) is 0 Å². The van der Waals surface area contributed by atoms with Crippen LogP contribution in [0.4, 0.5) is 5.69 Å². The Morgan fingerprint density at radius 3 is 2.75 bits per heavy atom. The van der Waals surface area contributed by atoms with Crippen LogP contribution in [-0.4, -0.2) is 17.1 Å². The molecule has 0 aliphatic carbocycles. The highest BCUT2D eigenvalue weighted by molar-refractivity contribution is 5.42. The van der Waals surface area contributed by atoms with Crippen molar-refractivity contribution in [3.05, 3.63) is 48.4 Å². The third-order valence-corrected chi connectivity index (χ3v) is 2.15. The lowest BCUT2D eigenvalue weighted by molar-refractivity contribution is 0.398. The molecule has 2 aromatic heterocycles. The van der Waals surface area contributed by atoms with Gasteiger partial charge < -0.3 is 10.1 Å². The van der Waals surface area contributed by atoms with Gasteiger partial charge in [0.25, 0.3) is 0 Å². The first-order valence-electron chi connectivity index (χ1n) is 5.02. The van der Waals surface area contributed by atoms with Crippen LogP contribution in [0.15, 0.2) is 42.7 Å². The van der Waals surface area contributed by atoms with E-state index in [1.807, 2.05) is 30.3 Å². The molecule has 0 fully saturated rings. The Morgan fingerprint density at radius 1 is 1.19 bits per heavy atom. The Balaban J connectivity index is 1.94. The summed E-state index contributed by atoms with van der Waals surface area (Å²) in [6, 6.07) is 9.59. The molecule has 0 saturated heterocycles. The zero-order valence-corrected chi connectivity index (χ0v) is 9.05. The number of rotatable bonds is 4. The summed E-state index contributed by atoms with van der Waals surface area (Å²) in [6.45, 7) is 0.689. The van der Waals surface area contributed by atoms with E-state index in [2.05, 4.69) is 15.3 Å². The molecule has 0 unspecified atom stereocenters. The maximum atomic E-state index is 4.98. The zero-order valence-electron chi connectivity index (χ0n) is 9.05. The maximum absolute atomic E-state index is 4.98. The number of nitrogens with zero attached hydrogens (tertiary/aromatic N) is 2. The third-order valence-electron chi connectivity index (χ3n) is 2.15. The first-order valence-corrected chi connectivity index (χ1v) is 5.02. The standard InChI is InChI=1S/C12H13N3O/c1-16-12-6-5-11(9-15-12)14-8-10-4-2-3-7-13-10/h2-7,9,14H,8H2,1H3. The summed E-state index contributed by atoms with van der Waals surface area (Å²) in [4.78, 5) is 8.32. The Morgan fingerprint density at radius 2 is 2.12 bits per heavy atom. The summed E-state index contributed by atoms with van der Waals surface area (Å²) >= 11 is 0. The maximum Gasteiger partial charge on any atom is 0.213 e. The molecular weight excluding hydrogens is 202 g/mol. The predicted molar refractivity (Wildman–Crippen MR) is 62.4 cm³/mol. The number of anilines is 1. The van der Waals surface area contributed by atoms with Crippen molar-refractivity contribution in [3.8, 4) is 5.88 Å². The molecule has 82 valence electrons. The van der Waals surface area contributed by atoms with Crippen molar-refractivity contribution in [2.24, 2.45) is 0 Å². The molecule has 4 nitrogen and oxygen atoms in total. The molecule has 0 aromatic carbocycles. The van der Waals surface area contributed by atoms with Crippen LogP contribution in [0.5, 0.6) is 5.88 Å². The molecule has 0 amide bonds. The van der Waals surface area contributed by atoms with E-state index in [1.165, 1.54) is 0 Å². The van der Waals surface area contributed by atoms with Gasteiger partial charge in [-0.05, 0) is 18.2 Å². The van der Waals surface area contributed by atoms with E-state index in [0.29, 0.717) is 12.4 Å². The predicted octanol–water partition coefficient (Wildman–Crippen LogP) is 2.10. The van der Waals surface area contributed by atoms with Crippen LogP contribution in [0.25, 0.3) is 0 Å². The van der Waals surface area contributed by atoms with Crippen molar-refractivity contribution < 1.29 is 4.74 Å². The second-order valence-electron chi connectivity index (χ2n) is 3.26. The van der Waals surface area contributed by atoms with Gasteiger partial charge in [-0.25, -0.2) is 4.98 Å². The Kier molecular flexibility index (Phi) is 3.33. The third kappa shape index (κ3) is 2.70. The molecule has 4 heteroatoms. The van der Waals surface area contributed by atoms with Crippen molar-refractivity contribution in [3.63, 3.8) is 0 Å². The fraction of sp³-hybridized carbons (Fsp3) is 0.167. The normalized spacial score (nSPS) is 9.81. The molecule has 0 radical (unpaired) electrons. The van der Waals surface area contributed by atoms with E-state index in [1.54, 1.807) is 19.5 Å². The molecule has 0 saturated carbocycles. The van der Waals surface area contributed by atoms with Crippen LogP contribution in [-0.2, 0) is 6.54 Å². The van der Waals surface area contributed by atoms with Gasteiger partial charge in [-0.2, -0.15) is 0 Å². The molecule has 0 atom stereocenters. The molecule has 2 rings (SSSR count). The first kappa shape index (κ1) is 10.4. The number of methoxy groups -OCH3 is 1. The van der Waals surface area contributed by atoms with Crippen molar-refractivity contribution >= 4 is 5.69 Å². The van der Waals surface area contributed by atoms with Crippen LogP contribution in [0, 0.1) is 0 Å². The summed E-state index contributed by atoms with van der Waals surface area (Å²) in [5.41, 5.74) is 1.95. The molecule has 0 aliphatic heterocycles. The lowest BCUT2D eigenvalue weighted by atomic mass is 10.3. The van der Waals surface area contributed by atoms with E-state index in [9.17, 15) is 0 Å². The van der Waals surface area contributed by atoms with Crippen LogP contribution < -0.4 is 10.1 Å². The van der Waals surface area contributed by atoms with Gasteiger partial charge in [-0.1, -0.05) is 6.07 Å². The summed E-state index contributed by atoms with van der Waals surface area (Å²) in [6.07, 6.45) is 3.52. The molecule has 0 spiro atoms. The highest BCUT2D eigenvalue weighted by Crippen LogP contribution is 2.11. The summed E-state index contributed by atoms with van der Waals surface area (Å²) in [7, 11) is 1.60. The zero-order chi connectivity index (χ0) is 11.2. The average Bonchev–Trinajstić information content (AvgIpc) is 2.38. The Hall–Kier alpha value is -2.10. The van der Waals surface area contributed by atoms with E-state index >= 15 is 0 Å². The second-order valence-corrected chi connectivity index (χ2v) is 3.26. The number of hydrogen-bond acceptors (Lipinski definition) is 4. The summed E-state index contributed by atoms with van der Waals surface area (Å²) < 4.78 is 4.98. The van der Waals surface area contributed by atoms with Crippen LogP contribution in [0.1, 0.15) is 5.69 Å². The molecule has 0 aliphatic rings. The monoisotopic (exact) mass is 215 g/mol. The van der Waals surface area contributed by atoms with Gasteiger partial charge in [0, 0.05) is 12.3 Å². The Labute approximate surface area is 94.3 Å². The smallest absolute Gasteiger partial charge is 0.213 e. The van der Waals surface area contributed by atoms with Crippen molar-refractivity contribution in [2.75, 3.05) is 12.4 Å². The highest BCUT2D eigenvalue weighted by atomic mass is 16.5. The second kappa shape index (κ2) is 5.11. The van der Waals surface area contributed by atoms with Gasteiger partial charge in [0.15, 0.2) is 0 Å². The number of hydrogen-bond donors (Lipinski definition) is 1. The molecule has 0 bridgehead atoms. The lowest BCUT2D eigenvalue weighted by Gasteiger charge is -2.05. The topological polar surface area (TPSA) is 47.0 Å². The molecule has 2 heterocycles. The Bertz CT molecular complexity index is 428. The number of ether oxygens (including phenoxy) is 1. The fourth-order valence-electron chi connectivity index (χ4n) is 1.30. The van der Waals surface area contributed by atoms with Gasteiger partial charge in [-0.15, -0.1) is 0 Å². The van der Waals surface area contributed by atoms with Crippen molar-refractivity contribution in [2.45, 2.75) is 6.54 Å². The fourth-order valence-corrected chi connectivity index (χ4v) is 1.30. The minimum atomic E-state index is 0.614. The van der Waals surface area contributed by atoms with Gasteiger partial charge >= 0.3 is 0 Å². The largest absolute Gasteiger partial charge is 0.481 e. The number of pyridine rings is 2. The highest BCUT2D eigenvalue weighted by Gasteiger charge is 1.96. The minimum absolute atomic E-state index is 0.614. The number of aromatic nitrogens is 2. The molecule has 2 aromatic rings. The van der Waals surface area contributed by atoms with E-state index in [0.717, 1.165) is 11.4 Å². The van der Waals surface area contributed by atoms with E-state index < -0.39 is 0 Å². The molecule has 1 N–H and O–H groups in total. The van der Waals surface area contributed by atoms with Gasteiger partial charge in [0.05, 0.1) is 31.2 Å². The quantitative estimate of drug-likeness (QED) is 0.848. The SMILES string of the molecule is COc1ccc(NCc2ccccn2)cn1. The van der Waals surface area contributed by atoms with E-state index in [4.69, 9.17) is 4.74 Å². The van der Waals surface area contributed by atoms with Gasteiger partial charge in [0.2, 0.25) is 5.88 Å². The van der Waals surface area contributed by atoms with Gasteiger partial charge in [-0.3, -0.25) is 4.98 Å². The summed E-state index contributed by atoms with van der Waals surface area (Å²) in [5.74, 6) is 0.614. The minimum Gasteiger partial charge on any atom is -0.481 e. The molecular formula is C12H13N3O. The summed E-state index contributed by atoms with van der Waals surface area (Å²) in [5, 5.41) is 3.23. The first-order chi connectivity index (χ1) is 7.88. The van der Waals surface area contributed by atoms with Crippen LogP contribution >= 0.6 is 0 Å².